The molecule has 0 bridgehead atoms. The molecule has 0 aliphatic carbocycles. The summed E-state index contributed by atoms with van der Waals surface area (Å²) in [6, 6.07) is 14.6. The number of hydrogen-bond donors (Lipinski definition) is 2. The van der Waals surface area contributed by atoms with Crippen LogP contribution in [0.4, 0.5) is 5.13 Å². The highest BCUT2D eigenvalue weighted by Crippen LogP contribution is 2.26. The monoisotopic (exact) mass is 394 g/mol. The number of carbonyl (C=O) groups is 2. The first-order chi connectivity index (χ1) is 13.5. The van der Waals surface area contributed by atoms with E-state index in [0.29, 0.717) is 10.7 Å². The van der Waals surface area contributed by atoms with Crippen LogP contribution < -0.4 is 10.6 Å². The third-order valence-corrected chi connectivity index (χ3v) is 5.21. The Morgan fingerprint density at radius 1 is 1.04 bits per heavy atom. The van der Waals surface area contributed by atoms with E-state index in [9.17, 15) is 9.59 Å². The number of nitrogens with zero attached hydrogens (tertiary/aromatic N) is 2. The maximum Gasteiger partial charge on any atom is 0.251 e. The Labute approximate surface area is 168 Å². The lowest BCUT2D eigenvalue weighted by molar-refractivity contribution is -0.117. The van der Waals surface area contributed by atoms with E-state index in [0.717, 1.165) is 28.1 Å². The smallest absolute Gasteiger partial charge is 0.251 e. The van der Waals surface area contributed by atoms with Crippen LogP contribution in [0.5, 0.6) is 0 Å². The first kappa shape index (κ1) is 19.7. The van der Waals surface area contributed by atoms with Crippen LogP contribution in [0.3, 0.4) is 0 Å². The average Bonchev–Trinajstić information content (AvgIpc) is 3.16. The summed E-state index contributed by atoms with van der Waals surface area (Å²) in [6.07, 6.45) is 0.910. The molecule has 0 fully saturated rings. The van der Waals surface area contributed by atoms with Gasteiger partial charge in [-0.25, -0.2) is 0 Å². The van der Waals surface area contributed by atoms with Gasteiger partial charge in [0.2, 0.25) is 11.0 Å². The Balaban J connectivity index is 1.59. The van der Waals surface area contributed by atoms with Gasteiger partial charge in [-0.15, -0.1) is 10.2 Å². The Kier molecular flexibility index (Phi) is 6.16. The molecule has 2 aromatic carbocycles. The van der Waals surface area contributed by atoms with Crippen molar-refractivity contribution in [3.05, 3.63) is 65.2 Å². The number of hydrogen-bond acceptors (Lipinski definition) is 5. The summed E-state index contributed by atoms with van der Waals surface area (Å²) in [5, 5.41) is 14.7. The van der Waals surface area contributed by atoms with Gasteiger partial charge in [0, 0.05) is 11.1 Å². The molecule has 0 aliphatic heterocycles. The third-order valence-electron chi connectivity index (χ3n) is 4.32. The van der Waals surface area contributed by atoms with Crippen molar-refractivity contribution in [3.63, 3.8) is 0 Å². The van der Waals surface area contributed by atoms with Crippen molar-refractivity contribution in [2.45, 2.75) is 33.2 Å². The van der Waals surface area contributed by atoms with Gasteiger partial charge in [-0.05, 0) is 38.0 Å². The van der Waals surface area contributed by atoms with Gasteiger partial charge in [0.15, 0.2) is 0 Å². The summed E-state index contributed by atoms with van der Waals surface area (Å²) in [7, 11) is 0. The van der Waals surface area contributed by atoms with E-state index in [1.807, 2.05) is 43.3 Å². The van der Waals surface area contributed by atoms with Crippen LogP contribution >= 0.6 is 11.3 Å². The molecule has 1 aromatic heterocycles. The quantitative estimate of drug-likeness (QED) is 0.665. The Hall–Kier alpha value is -3.06. The van der Waals surface area contributed by atoms with E-state index in [4.69, 9.17) is 0 Å². The van der Waals surface area contributed by atoms with Crippen LogP contribution in [0.1, 0.15) is 35.3 Å². The Morgan fingerprint density at radius 2 is 1.71 bits per heavy atom. The summed E-state index contributed by atoms with van der Waals surface area (Å²) in [5.74, 6) is -0.631. The number of amides is 2. The molecule has 3 rings (SSSR count). The minimum atomic E-state index is -0.704. The lowest BCUT2D eigenvalue weighted by Gasteiger charge is -2.13. The summed E-state index contributed by atoms with van der Waals surface area (Å²) in [4.78, 5) is 24.7. The fourth-order valence-electron chi connectivity index (χ4n) is 2.54. The van der Waals surface area contributed by atoms with Crippen molar-refractivity contribution < 1.29 is 9.59 Å². The second kappa shape index (κ2) is 8.75. The van der Waals surface area contributed by atoms with Gasteiger partial charge in [-0.2, -0.15) is 0 Å². The van der Waals surface area contributed by atoms with Crippen LogP contribution in [0, 0.1) is 6.92 Å². The molecule has 0 radical (unpaired) electrons. The van der Waals surface area contributed by atoms with E-state index in [1.165, 1.54) is 11.3 Å². The molecule has 0 spiro atoms. The molecule has 6 nitrogen and oxygen atoms in total. The van der Waals surface area contributed by atoms with Crippen LogP contribution in [0.2, 0.25) is 0 Å². The highest BCUT2D eigenvalue weighted by atomic mass is 32.1. The van der Waals surface area contributed by atoms with Crippen LogP contribution in [-0.4, -0.2) is 28.1 Å². The van der Waals surface area contributed by atoms with Crippen molar-refractivity contribution in [3.8, 4) is 10.6 Å². The molecule has 28 heavy (non-hydrogen) atoms. The van der Waals surface area contributed by atoms with Gasteiger partial charge in [0.25, 0.3) is 5.91 Å². The lowest BCUT2D eigenvalue weighted by atomic mass is 10.1. The number of aryl methyl sites for hydroxylation is 2. The van der Waals surface area contributed by atoms with Crippen molar-refractivity contribution in [1.82, 2.24) is 15.5 Å². The Morgan fingerprint density at radius 3 is 2.36 bits per heavy atom. The predicted octanol–water partition coefficient (Wildman–Crippen LogP) is 3.83. The van der Waals surface area contributed by atoms with Gasteiger partial charge in [0.05, 0.1) is 0 Å². The molecular weight excluding hydrogens is 372 g/mol. The van der Waals surface area contributed by atoms with Crippen molar-refractivity contribution in [1.29, 1.82) is 0 Å². The Bertz CT molecular complexity index is 965. The number of aromatic nitrogens is 2. The summed E-state index contributed by atoms with van der Waals surface area (Å²) >= 11 is 1.29. The second-order valence-electron chi connectivity index (χ2n) is 6.51. The van der Waals surface area contributed by atoms with Gasteiger partial charge < -0.3 is 5.32 Å². The molecule has 1 unspecified atom stereocenters. The molecule has 7 heteroatoms. The first-order valence-corrected chi connectivity index (χ1v) is 9.89. The molecular formula is C21H22N4O2S. The molecule has 0 saturated heterocycles. The predicted molar refractivity (Wildman–Crippen MR) is 111 cm³/mol. The topological polar surface area (TPSA) is 84.0 Å². The number of rotatable bonds is 6. The van der Waals surface area contributed by atoms with Crippen molar-refractivity contribution >= 4 is 28.3 Å². The number of anilines is 1. The molecule has 2 N–H and O–H groups in total. The fourth-order valence-corrected chi connectivity index (χ4v) is 3.29. The van der Waals surface area contributed by atoms with Crippen molar-refractivity contribution in [2.24, 2.45) is 0 Å². The standard InChI is InChI=1S/C21H22N4O2S/c1-4-15-7-11-16(12-8-15)19(27)22-14(3)18(26)23-21-25-24-20(28-21)17-9-5-13(2)6-10-17/h5-12,14H,4H2,1-3H3,(H,22,27)(H,23,25,26). The second-order valence-corrected chi connectivity index (χ2v) is 7.49. The lowest BCUT2D eigenvalue weighted by Crippen LogP contribution is -2.41. The van der Waals surface area contributed by atoms with Gasteiger partial charge in [-0.3, -0.25) is 14.9 Å². The van der Waals surface area contributed by atoms with E-state index >= 15 is 0 Å². The van der Waals surface area contributed by atoms with E-state index in [2.05, 4.69) is 27.8 Å². The van der Waals surface area contributed by atoms with Gasteiger partial charge in [0.1, 0.15) is 11.0 Å². The number of carbonyl (C=O) groups excluding carboxylic acids is 2. The van der Waals surface area contributed by atoms with E-state index in [1.54, 1.807) is 19.1 Å². The largest absolute Gasteiger partial charge is 0.341 e. The molecule has 1 atom stereocenters. The maximum atomic E-state index is 12.4. The summed E-state index contributed by atoms with van der Waals surface area (Å²) in [5.41, 5.74) is 3.79. The van der Waals surface area contributed by atoms with E-state index in [-0.39, 0.29) is 11.8 Å². The molecule has 3 aromatic rings. The number of nitrogens with one attached hydrogen (secondary N) is 2. The van der Waals surface area contributed by atoms with Crippen LogP contribution in [0.25, 0.3) is 10.6 Å². The third kappa shape index (κ3) is 4.80. The van der Waals surface area contributed by atoms with E-state index < -0.39 is 6.04 Å². The van der Waals surface area contributed by atoms with Crippen LogP contribution in [0.15, 0.2) is 48.5 Å². The SMILES string of the molecule is CCc1ccc(C(=O)NC(C)C(=O)Nc2nnc(-c3ccc(C)cc3)s2)cc1. The maximum absolute atomic E-state index is 12.4. The summed E-state index contributed by atoms with van der Waals surface area (Å²) in [6.45, 7) is 5.71. The molecule has 2 amide bonds. The van der Waals surface area contributed by atoms with Crippen molar-refractivity contribution in [2.75, 3.05) is 5.32 Å². The zero-order chi connectivity index (χ0) is 20.1. The highest BCUT2D eigenvalue weighted by molar-refractivity contribution is 7.18. The zero-order valence-electron chi connectivity index (χ0n) is 16.0. The molecule has 144 valence electrons. The van der Waals surface area contributed by atoms with Gasteiger partial charge in [-0.1, -0.05) is 60.2 Å². The minimum Gasteiger partial charge on any atom is -0.341 e. The number of benzene rings is 2. The average molecular weight is 395 g/mol. The summed E-state index contributed by atoms with van der Waals surface area (Å²) < 4.78 is 0. The van der Waals surface area contributed by atoms with Crippen LogP contribution in [-0.2, 0) is 11.2 Å². The fraction of sp³-hybridized carbons (Fsp3) is 0.238. The molecule has 0 saturated carbocycles. The minimum absolute atomic E-state index is 0.289. The highest BCUT2D eigenvalue weighted by Gasteiger charge is 2.18. The first-order valence-electron chi connectivity index (χ1n) is 9.07. The zero-order valence-corrected chi connectivity index (χ0v) is 16.8. The normalized spacial score (nSPS) is 11.7. The molecule has 0 aliphatic rings. The van der Waals surface area contributed by atoms with Gasteiger partial charge >= 0.3 is 0 Å². The molecule has 1 heterocycles.